The molecule has 0 aliphatic rings. The molecule has 7 nitrogen and oxygen atoms in total. The molecule has 1 aromatic heterocycles. The number of rotatable bonds is 7. The lowest BCUT2D eigenvalue weighted by Gasteiger charge is -2.07. The summed E-state index contributed by atoms with van der Waals surface area (Å²) in [5, 5.41) is 3.67. The maximum atomic E-state index is 12.0. The van der Waals surface area contributed by atoms with E-state index < -0.39 is 5.63 Å². The average molecular weight is 330 g/mol. The average Bonchev–Trinajstić information content (AvgIpc) is 2.49. The zero-order valence-electron chi connectivity index (χ0n) is 13.7. The predicted octanol–water partition coefficient (Wildman–Crippen LogP) is 1.87. The minimum absolute atomic E-state index is 0.0776. The maximum Gasteiger partial charge on any atom is 0.336 e. The molecule has 0 bridgehead atoms. The van der Waals surface area contributed by atoms with E-state index in [1.807, 2.05) is 13.0 Å². The van der Waals surface area contributed by atoms with Crippen LogP contribution in [0.25, 0.3) is 11.0 Å². The number of nitrogens with two attached hydrogens (primary N) is 2. The highest BCUT2D eigenvalue weighted by molar-refractivity contribution is 5.93. The van der Waals surface area contributed by atoms with Crippen molar-refractivity contribution in [3.8, 4) is 0 Å². The Balaban J connectivity index is 1.87. The lowest BCUT2D eigenvalue weighted by molar-refractivity contribution is -0.116. The minimum Gasteiger partial charge on any atom is -0.423 e. The Kier molecular flexibility index (Phi) is 5.95. The fraction of sp³-hybridized carbons (Fsp3) is 0.353. The van der Waals surface area contributed by atoms with Crippen LogP contribution in [0.5, 0.6) is 0 Å². The third-order valence-corrected chi connectivity index (χ3v) is 3.59. The molecule has 0 unspecified atom stereocenters. The fourth-order valence-electron chi connectivity index (χ4n) is 2.41. The highest BCUT2D eigenvalue weighted by Gasteiger charge is 2.06. The Labute approximate surface area is 139 Å². The molecule has 0 saturated carbocycles. The summed E-state index contributed by atoms with van der Waals surface area (Å²) in [6.07, 6.45) is 2.88. The van der Waals surface area contributed by atoms with Crippen LogP contribution in [0.2, 0.25) is 0 Å². The summed E-state index contributed by atoms with van der Waals surface area (Å²) in [5.41, 5.74) is 12.0. The molecule has 1 amide bonds. The van der Waals surface area contributed by atoms with Gasteiger partial charge >= 0.3 is 5.63 Å². The Bertz CT molecular complexity index is 807. The number of aliphatic imine (C=N–C) groups is 1. The van der Waals surface area contributed by atoms with Crippen LogP contribution in [0, 0.1) is 6.92 Å². The molecule has 1 heterocycles. The third-order valence-electron chi connectivity index (χ3n) is 3.59. The van der Waals surface area contributed by atoms with Gasteiger partial charge in [-0.3, -0.25) is 9.79 Å². The van der Waals surface area contributed by atoms with Crippen molar-refractivity contribution in [2.24, 2.45) is 16.5 Å². The molecule has 0 spiro atoms. The Hall–Kier alpha value is -2.83. The van der Waals surface area contributed by atoms with Gasteiger partial charge in [0.1, 0.15) is 5.58 Å². The van der Waals surface area contributed by atoms with E-state index in [1.54, 1.807) is 12.1 Å². The zero-order valence-corrected chi connectivity index (χ0v) is 13.7. The van der Waals surface area contributed by atoms with Crippen molar-refractivity contribution in [2.45, 2.75) is 32.6 Å². The third kappa shape index (κ3) is 5.12. The van der Waals surface area contributed by atoms with Gasteiger partial charge < -0.3 is 21.2 Å². The van der Waals surface area contributed by atoms with Gasteiger partial charge in [-0.1, -0.05) is 6.42 Å². The van der Waals surface area contributed by atoms with Gasteiger partial charge in [-0.15, -0.1) is 0 Å². The van der Waals surface area contributed by atoms with Crippen LogP contribution >= 0.6 is 0 Å². The van der Waals surface area contributed by atoms with Crippen LogP contribution in [0.3, 0.4) is 0 Å². The number of guanidine groups is 1. The molecule has 24 heavy (non-hydrogen) atoms. The van der Waals surface area contributed by atoms with Crippen molar-refractivity contribution >= 4 is 28.5 Å². The van der Waals surface area contributed by atoms with Crippen molar-refractivity contribution in [1.82, 2.24) is 0 Å². The number of carbonyl (C=O) groups excluding carboxylic acids is 1. The summed E-state index contributed by atoms with van der Waals surface area (Å²) in [4.78, 5) is 27.3. The standard InChI is InChI=1S/C17H22N4O3/c1-11-9-16(23)24-14-10-12(6-7-13(11)14)21-15(22)5-3-2-4-8-20-17(18)19/h6-7,9-10H,2-5,8H2,1H3,(H,21,22)(H4,18,19,20). The number of benzene rings is 1. The molecule has 2 rings (SSSR count). The van der Waals surface area contributed by atoms with Gasteiger partial charge in [0.25, 0.3) is 0 Å². The van der Waals surface area contributed by atoms with Crippen molar-refractivity contribution in [2.75, 3.05) is 11.9 Å². The van der Waals surface area contributed by atoms with Gasteiger partial charge in [0.15, 0.2) is 5.96 Å². The molecular formula is C17H22N4O3. The molecule has 128 valence electrons. The van der Waals surface area contributed by atoms with E-state index in [2.05, 4.69) is 10.3 Å². The number of aryl methyl sites for hydroxylation is 1. The molecule has 0 atom stereocenters. The van der Waals surface area contributed by atoms with Gasteiger partial charge in [-0.2, -0.15) is 0 Å². The SMILES string of the molecule is Cc1cc(=O)oc2cc(NC(=O)CCCCCN=C(N)N)ccc12. The predicted molar refractivity (Wildman–Crippen MR) is 95.0 cm³/mol. The van der Waals surface area contributed by atoms with E-state index in [9.17, 15) is 9.59 Å². The van der Waals surface area contributed by atoms with Crippen molar-refractivity contribution in [3.63, 3.8) is 0 Å². The van der Waals surface area contributed by atoms with Gasteiger partial charge in [0.2, 0.25) is 5.91 Å². The maximum absolute atomic E-state index is 12.0. The highest BCUT2D eigenvalue weighted by Crippen LogP contribution is 2.21. The molecule has 2 aromatic rings. The summed E-state index contributed by atoms with van der Waals surface area (Å²) < 4.78 is 5.17. The number of nitrogens with zero attached hydrogens (tertiary/aromatic N) is 1. The molecule has 0 aliphatic heterocycles. The number of hydrogen-bond acceptors (Lipinski definition) is 4. The second-order valence-corrected chi connectivity index (χ2v) is 5.62. The first-order valence-electron chi connectivity index (χ1n) is 7.85. The summed E-state index contributed by atoms with van der Waals surface area (Å²) >= 11 is 0. The second kappa shape index (κ2) is 8.14. The van der Waals surface area contributed by atoms with Gasteiger partial charge in [-0.25, -0.2) is 4.79 Å². The van der Waals surface area contributed by atoms with Crippen LogP contribution in [0.15, 0.2) is 38.5 Å². The number of hydrogen-bond donors (Lipinski definition) is 3. The monoisotopic (exact) mass is 330 g/mol. The summed E-state index contributed by atoms with van der Waals surface area (Å²) in [5.74, 6) is 0.0112. The zero-order chi connectivity index (χ0) is 17.5. The van der Waals surface area contributed by atoms with Crippen molar-refractivity contribution in [1.29, 1.82) is 0 Å². The molecule has 0 saturated heterocycles. The Morgan fingerprint density at radius 2 is 2.00 bits per heavy atom. The van der Waals surface area contributed by atoms with E-state index in [1.165, 1.54) is 6.07 Å². The van der Waals surface area contributed by atoms with Crippen LogP contribution in [-0.4, -0.2) is 18.4 Å². The molecule has 0 fully saturated rings. The molecule has 0 aliphatic carbocycles. The highest BCUT2D eigenvalue weighted by atomic mass is 16.4. The number of carbonyl (C=O) groups is 1. The van der Waals surface area contributed by atoms with Crippen LogP contribution in [0.4, 0.5) is 5.69 Å². The van der Waals surface area contributed by atoms with E-state index >= 15 is 0 Å². The molecule has 7 heteroatoms. The van der Waals surface area contributed by atoms with Gasteiger partial charge in [0, 0.05) is 36.2 Å². The number of unbranched alkanes of at least 4 members (excludes halogenated alkanes) is 2. The summed E-state index contributed by atoms with van der Waals surface area (Å²) in [7, 11) is 0. The number of amides is 1. The summed E-state index contributed by atoms with van der Waals surface area (Å²) in [6.45, 7) is 2.42. The quantitative estimate of drug-likeness (QED) is 0.309. The minimum atomic E-state index is -0.399. The lowest BCUT2D eigenvalue weighted by Crippen LogP contribution is -2.22. The van der Waals surface area contributed by atoms with Crippen LogP contribution in [0.1, 0.15) is 31.2 Å². The van der Waals surface area contributed by atoms with Gasteiger partial charge in [-0.05, 0) is 37.5 Å². The number of fused-ring (bicyclic) bond motifs is 1. The number of anilines is 1. The summed E-state index contributed by atoms with van der Waals surface area (Å²) in [6, 6.07) is 6.74. The Morgan fingerprint density at radius 3 is 2.75 bits per heavy atom. The second-order valence-electron chi connectivity index (χ2n) is 5.62. The fourth-order valence-corrected chi connectivity index (χ4v) is 2.41. The molecular weight excluding hydrogens is 308 g/mol. The molecule has 5 N–H and O–H groups in total. The van der Waals surface area contributed by atoms with Crippen LogP contribution < -0.4 is 22.4 Å². The van der Waals surface area contributed by atoms with Crippen molar-refractivity contribution in [3.05, 3.63) is 40.2 Å². The normalized spacial score (nSPS) is 10.5. The Morgan fingerprint density at radius 1 is 1.21 bits per heavy atom. The van der Waals surface area contributed by atoms with E-state index in [0.29, 0.717) is 24.2 Å². The largest absolute Gasteiger partial charge is 0.423 e. The first-order chi connectivity index (χ1) is 11.5. The number of nitrogens with one attached hydrogen (secondary N) is 1. The lowest BCUT2D eigenvalue weighted by atomic mass is 10.1. The first kappa shape index (κ1) is 17.5. The first-order valence-corrected chi connectivity index (χ1v) is 7.85. The molecule has 0 radical (unpaired) electrons. The van der Waals surface area contributed by atoms with Gasteiger partial charge in [0.05, 0.1) is 0 Å². The smallest absolute Gasteiger partial charge is 0.336 e. The van der Waals surface area contributed by atoms with Crippen LogP contribution in [-0.2, 0) is 4.79 Å². The van der Waals surface area contributed by atoms with E-state index in [4.69, 9.17) is 15.9 Å². The van der Waals surface area contributed by atoms with E-state index in [0.717, 1.165) is 30.2 Å². The molecule has 1 aromatic carbocycles. The topological polar surface area (TPSA) is 124 Å². The van der Waals surface area contributed by atoms with Crippen molar-refractivity contribution < 1.29 is 9.21 Å². The van der Waals surface area contributed by atoms with E-state index in [-0.39, 0.29) is 11.9 Å².